The van der Waals surface area contributed by atoms with Crippen LogP contribution in [0, 0.1) is 6.92 Å². The summed E-state index contributed by atoms with van der Waals surface area (Å²) in [4.78, 5) is 38.9. The zero-order valence-electron chi connectivity index (χ0n) is 20.3. The zero-order chi connectivity index (χ0) is 25.2. The third-order valence-corrected chi connectivity index (χ3v) is 6.38. The Balaban J connectivity index is 1.66. The molecule has 3 aromatic carbocycles. The average molecular weight is 490 g/mol. The first-order valence-corrected chi connectivity index (χ1v) is 12.6. The highest BCUT2D eigenvalue weighted by molar-refractivity contribution is 8.00. The van der Waals surface area contributed by atoms with Gasteiger partial charge in [0.05, 0.1) is 17.5 Å². The van der Waals surface area contributed by atoms with E-state index in [1.165, 1.54) is 18.7 Å². The van der Waals surface area contributed by atoms with E-state index in [2.05, 4.69) is 10.6 Å². The molecular formula is C28H31N3O3S. The van der Waals surface area contributed by atoms with Crippen LogP contribution in [-0.2, 0) is 20.9 Å². The highest BCUT2D eigenvalue weighted by atomic mass is 32.2. The fourth-order valence-electron chi connectivity index (χ4n) is 3.63. The average Bonchev–Trinajstić information content (AvgIpc) is 2.84. The number of rotatable bonds is 10. The van der Waals surface area contributed by atoms with Crippen LogP contribution < -0.4 is 10.6 Å². The lowest BCUT2D eigenvalue weighted by molar-refractivity contribution is -0.131. The van der Waals surface area contributed by atoms with Crippen molar-refractivity contribution in [2.45, 2.75) is 33.4 Å². The van der Waals surface area contributed by atoms with Crippen molar-refractivity contribution >= 4 is 40.9 Å². The first-order chi connectivity index (χ1) is 16.8. The third-order valence-electron chi connectivity index (χ3n) is 5.47. The molecular weight excluding hydrogens is 458 g/mol. The van der Waals surface area contributed by atoms with Crippen LogP contribution in [0.1, 0.15) is 36.6 Å². The highest BCUT2D eigenvalue weighted by Crippen LogP contribution is 2.26. The molecule has 0 aliphatic carbocycles. The predicted molar refractivity (Wildman–Crippen MR) is 143 cm³/mol. The van der Waals surface area contributed by atoms with Crippen LogP contribution in [0.3, 0.4) is 0 Å². The van der Waals surface area contributed by atoms with E-state index in [9.17, 15) is 14.4 Å². The molecule has 0 saturated heterocycles. The number of carbonyl (C=O) groups is 3. The van der Waals surface area contributed by atoms with Gasteiger partial charge in [-0.3, -0.25) is 14.4 Å². The van der Waals surface area contributed by atoms with Gasteiger partial charge in [0.25, 0.3) is 0 Å². The Morgan fingerprint density at radius 1 is 0.857 bits per heavy atom. The van der Waals surface area contributed by atoms with Crippen molar-refractivity contribution in [1.82, 2.24) is 4.90 Å². The van der Waals surface area contributed by atoms with E-state index < -0.39 is 0 Å². The van der Waals surface area contributed by atoms with Gasteiger partial charge in [0.1, 0.15) is 0 Å². The molecule has 3 aromatic rings. The van der Waals surface area contributed by atoms with Gasteiger partial charge in [0.15, 0.2) is 0 Å². The van der Waals surface area contributed by atoms with Gasteiger partial charge in [-0.2, -0.15) is 0 Å². The minimum absolute atomic E-state index is 0.0561. The highest BCUT2D eigenvalue weighted by Gasteiger charge is 2.22. The van der Waals surface area contributed by atoms with Gasteiger partial charge in [0.2, 0.25) is 17.7 Å². The normalized spacial score (nSPS) is 11.4. The Labute approximate surface area is 211 Å². The van der Waals surface area contributed by atoms with E-state index in [-0.39, 0.29) is 35.3 Å². The van der Waals surface area contributed by atoms with Crippen molar-refractivity contribution in [3.63, 3.8) is 0 Å². The van der Waals surface area contributed by atoms with Crippen LogP contribution in [0.4, 0.5) is 11.4 Å². The molecule has 3 amide bonds. The van der Waals surface area contributed by atoms with Gasteiger partial charge >= 0.3 is 0 Å². The minimum Gasteiger partial charge on any atom is -0.331 e. The van der Waals surface area contributed by atoms with Crippen LogP contribution in [0.2, 0.25) is 0 Å². The number of aryl methyl sites for hydroxylation is 1. The van der Waals surface area contributed by atoms with Crippen LogP contribution in [0.5, 0.6) is 0 Å². The molecule has 35 heavy (non-hydrogen) atoms. The van der Waals surface area contributed by atoms with Crippen LogP contribution in [0.15, 0.2) is 78.9 Å². The first kappa shape index (κ1) is 26.0. The quantitative estimate of drug-likeness (QED) is 0.399. The SMILES string of the molecule is CC(=O)Nc1cccc(C(C)N(Cc2ccccc2)C(=O)CSCC(=O)Nc2ccc(C)cc2)c1. The van der Waals surface area contributed by atoms with Crippen molar-refractivity contribution in [1.29, 1.82) is 0 Å². The molecule has 0 aliphatic rings. The molecule has 0 aliphatic heterocycles. The third kappa shape index (κ3) is 8.30. The summed E-state index contributed by atoms with van der Waals surface area (Å²) in [6, 6.07) is 24.7. The molecule has 6 nitrogen and oxygen atoms in total. The van der Waals surface area contributed by atoms with Crippen molar-refractivity contribution in [3.05, 3.63) is 95.6 Å². The molecule has 7 heteroatoms. The molecule has 0 fully saturated rings. The summed E-state index contributed by atoms with van der Waals surface area (Å²) in [5.74, 6) is 0.0267. The molecule has 1 atom stereocenters. The lowest BCUT2D eigenvalue weighted by Gasteiger charge is -2.30. The van der Waals surface area contributed by atoms with E-state index >= 15 is 0 Å². The second-order valence-electron chi connectivity index (χ2n) is 8.40. The fourth-order valence-corrected chi connectivity index (χ4v) is 4.33. The maximum absolute atomic E-state index is 13.3. The Morgan fingerprint density at radius 3 is 2.26 bits per heavy atom. The second kappa shape index (κ2) is 12.8. The Hall–Kier alpha value is -3.58. The number of carbonyl (C=O) groups excluding carboxylic acids is 3. The molecule has 0 radical (unpaired) electrons. The van der Waals surface area contributed by atoms with E-state index in [4.69, 9.17) is 0 Å². The number of amides is 3. The summed E-state index contributed by atoms with van der Waals surface area (Å²) >= 11 is 1.29. The molecule has 0 aromatic heterocycles. The maximum atomic E-state index is 13.3. The number of nitrogens with one attached hydrogen (secondary N) is 2. The van der Waals surface area contributed by atoms with E-state index in [0.29, 0.717) is 12.2 Å². The lowest BCUT2D eigenvalue weighted by Crippen LogP contribution is -2.34. The van der Waals surface area contributed by atoms with E-state index in [1.54, 1.807) is 0 Å². The van der Waals surface area contributed by atoms with Gasteiger partial charge in [0, 0.05) is 24.8 Å². The number of benzene rings is 3. The number of hydrogen-bond acceptors (Lipinski definition) is 4. The van der Waals surface area contributed by atoms with Gasteiger partial charge in [-0.05, 0) is 49.2 Å². The van der Waals surface area contributed by atoms with Crippen molar-refractivity contribution < 1.29 is 14.4 Å². The topological polar surface area (TPSA) is 78.5 Å². The van der Waals surface area contributed by atoms with E-state index in [1.807, 2.05) is 97.6 Å². The van der Waals surface area contributed by atoms with Crippen LogP contribution in [0.25, 0.3) is 0 Å². The summed E-state index contributed by atoms with van der Waals surface area (Å²) in [7, 11) is 0. The fraction of sp³-hybridized carbons (Fsp3) is 0.250. The maximum Gasteiger partial charge on any atom is 0.234 e. The number of hydrogen-bond donors (Lipinski definition) is 2. The Bertz CT molecular complexity index is 1150. The molecule has 1 unspecified atom stereocenters. The number of nitrogens with zero attached hydrogens (tertiary/aromatic N) is 1. The summed E-state index contributed by atoms with van der Waals surface area (Å²) in [5, 5.41) is 5.66. The zero-order valence-corrected chi connectivity index (χ0v) is 21.1. The standard InChI is InChI=1S/C28H31N3O3S/c1-20-12-14-25(15-13-20)30-27(33)18-35-19-28(34)31(17-23-8-5-4-6-9-23)21(2)24-10-7-11-26(16-24)29-22(3)32/h4-16,21H,17-19H2,1-3H3,(H,29,32)(H,30,33). The summed E-state index contributed by atoms with van der Waals surface area (Å²) in [5.41, 5.74) is 4.50. The summed E-state index contributed by atoms with van der Waals surface area (Å²) in [6.45, 7) is 5.88. The Morgan fingerprint density at radius 2 is 1.57 bits per heavy atom. The van der Waals surface area contributed by atoms with Gasteiger partial charge in [-0.15, -0.1) is 11.8 Å². The largest absolute Gasteiger partial charge is 0.331 e. The monoisotopic (exact) mass is 489 g/mol. The smallest absolute Gasteiger partial charge is 0.234 e. The summed E-state index contributed by atoms with van der Waals surface area (Å²) < 4.78 is 0. The van der Waals surface area contributed by atoms with Gasteiger partial charge < -0.3 is 15.5 Å². The first-order valence-electron chi connectivity index (χ1n) is 11.5. The van der Waals surface area contributed by atoms with Crippen LogP contribution >= 0.6 is 11.8 Å². The summed E-state index contributed by atoms with van der Waals surface area (Å²) in [6.07, 6.45) is 0. The van der Waals surface area contributed by atoms with Gasteiger partial charge in [-0.25, -0.2) is 0 Å². The van der Waals surface area contributed by atoms with Crippen molar-refractivity contribution in [2.24, 2.45) is 0 Å². The molecule has 0 saturated carbocycles. The lowest BCUT2D eigenvalue weighted by atomic mass is 10.0. The second-order valence-corrected chi connectivity index (χ2v) is 9.38. The molecule has 0 spiro atoms. The molecule has 0 heterocycles. The molecule has 2 N–H and O–H groups in total. The predicted octanol–water partition coefficient (Wildman–Crippen LogP) is 5.42. The van der Waals surface area contributed by atoms with E-state index in [0.717, 1.165) is 22.4 Å². The molecule has 182 valence electrons. The van der Waals surface area contributed by atoms with Crippen molar-refractivity contribution in [3.8, 4) is 0 Å². The molecule has 3 rings (SSSR count). The van der Waals surface area contributed by atoms with Crippen molar-refractivity contribution in [2.75, 3.05) is 22.1 Å². The van der Waals surface area contributed by atoms with Gasteiger partial charge in [-0.1, -0.05) is 60.2 Å². The number of anilines is 2. The molecule has 0 bridgehead atoms. The minimum atomic E-state index is -0.224. The number of thioether (sulfide) groups is 1. The Kier molecular flexibility index (Phi) is 9.49. The van der Waals surface area contributed by atoms with Crippen LogP contribution in [-0.4, -0.2) is 34.1 Å².